The molecule has 1 aromatic carbocycles. The van der Waals surface area contributed by atoms with Crippen LogP contribution in [0.1, 0.15) is 36.9 Å². The number of amides is 2. The Morgan fingerprint density at radius 1 is 1.42 bits per heavy atom. The molecular formula is C15H22N2O2. The van der Waals surface area contributed by atoms with Crippen LogP contribution in [-0.4, -0.2) is 24.3 Å². The minimum Gasteiger partial charge on any atom is -0.396 e. The predicted octanol–water partition coefficient (Wildman–Crippen LogP) is 1.99. The Kier molecular flexibility index (Phi) is 4.80. The summed E-state index contributed by atoms with van der Waals surface area (Å²) in [6, 6.07) is 8.24. The zero-order valence-corrected chi connectivity index (χ0v) is 11.4. The first-order valence-corrected chi connectivity index (χ1v) is 6.95. The predicted molar refractivity (Wildman–Crippen MR) is 74.9 cm³/mol. The molecule has 2 amide bonds. The van der Waals surface area contributed by atoms with Crippen LogP contribution in [0.15, 0.2) is 24.3 Å². The van der Waals surface area contributed by atoms with Gasteiger partial charge in [0.1, 0.15) is 0 Å². The fourth-order valence-electron chi connectivity index (χ4n) is 2.61. The lowest BCUT2D eigenvalue weighted by Crippen LogP contribution is -2.42. The van der Waals surface area contributed by atoms with Crippen LogP contribution in [0.3, 0.4) is 0 Å². The topological polar surface area (TPSA) is 61.4 Å². The van der Waals surface area contributed by atoms with Crippen molar-refractivity contribution in [1.82, 2.24) is 10.6 Å². The first-order chi connectivity index (χ1) is 9.22. The summed E-state index contributed by atoms with van der Waals surface area (Å²) in [4.78, 5) is 11.8. The summed E-state index contributed by atoms with van der Waals surface area (Å²) in [7, 11) is 0. The number of hydrogen-bond donors (Lipinski definition) is 3. The standard InChI is InChI=1S/C15H22N2O2/c1-11-7-8-12-5-2-3-6-13(12)14(11)17-15(19)16-9-4-10-18/h2-3,5-6,11,14,18H,4,7-10H2,1H3,(H2,16,17,19). The van der Waals surface area contributed by atoms with Crippen LogP contribution < -0.4 is 10.6 Å². The number of fused-ring (bicyclic) bond motifs is 1. The molecule has 0 spiro atoms. The van der Waals surface area contributed by atoms with Crippen LogP contribution in [0.2, 0.25) is 0 Å². The number of benzene rings is 1. The van der Waals surface area contributed by atoms with Crippen LogP contribution in [-0.2, 0) is 6.42 Å². The molecule has 0 fully saturated rings. The molecule has 1 aliphatic rings. The molecule has 1 aliphatic carbocycles. The average Bonchev–Trinajstić information content (AvgIpc) is 2.42. The summed E-state index contributed by atoms with van der Waals surface area (Å²) in [5.74, 6) is 0.443. The molecule has 2 atom stereocenters. The van der Waals surface area contributed by atoms with E-state index in [0.717, 1.165) is 12.8 Å². The number of aliphatic hydroxyl groups excluding tert-OH is 1. The van der Waals surface area contributed by atoms with Gasteiger partial charge in [0.05, 0.1) is 6.04 Å². The highest BCUT2D eigenvalue weighted by atomic mass is 16.3. The largest absolute Gasteiger partial charge is 0.396 e. The number of aliphatic hydroxyl groups is 1. The molecule has 0 aliphatic heterocycles. The van der Waals surface area contributed by atoms with Crippen LogP contribution in [0.4, 0.5) is 4.79 Å². The first kappa shape index (κ1) is 13.9. The molecule has 0 saturated heterocycles. The SMILES string of the molecule is CC1CCc2ccccc2C1NC(=O)NCCCO. The fourth-order valence-corrected chi connectivity index (χ4v) is 2.61. The molecule has 0 aromatic heterocycles. The summed E-state index contributed by atoms with van der Waals surface area (Å²) in [5.41, 5.74) is 2.57. The third kappa shape index (κ3) is 3.47. The van der Waals surface area contributed by atoms with Crippen LogP contribution in [0.5, 0.6) is 0 Å². The lowest BCUT2D eigenvalue weighted by molar-refractivity contribution is 0.227. The third-order valence-electron chi connectivity index (χ3n) is 3.74. The van der Waals surface area contributed by atoms with E-state index < -0.39 is 0 Å². The normalized spacial score (nSPS) is 21.6. The molecule has 0 heterocycles. The van der Waals surface area contributed by atoms with Gasteiger partial charge in [0, 0.05) is 13.2 Å². The molecule has 3 N–H and O–H groups in total. The van der Waals surface area contributed by atoms with Gasteiger partial charge in [-0.15, -0.1) is 0 Å². The molecule has 104 valence electrons. The van der Waals surface area contributed by atoms with Crippen molar-refractivity contribution >= 4 is 6.03 Å². The van der Waals surface area contributed by atoms with Crippen molar-refractivity contribution in [2.45, 2.75) is 32.2 Å². The molecule has 19 heavy (non-hydrogen) atoms. The Morgan fingerprint density at radius 2 is 2.21 bits per heavy atom. The van der Waals surface area contributed by atoms with E-state index in [-0.39, 0.29) is 18.7 Å². The minimum absolute atomic E-state index is 0.0825. The Morgan fingerprint density at radius 3 is 3.00 bits per heavy atom. The van der Waals surface area contributed by atoms with E-state index in [0.29, 0.717) is 18.9 Å². The maximum Gasteiger partial charge on any atom is 0.315 e. The maximum atomic E-state index is 11.8. The average molecular weight is 262 g/mol. The first-order valence-electron chi connectivity index (χ1n) is 6.95. The zero-order chi connectivity index (χ0) is 13.7. The summed E-state index contributed by atoms with van der Waals surface area (Å²) in [5, 5.41) is 14.5. The molecule has 0 bridgehead atoms. The quantitative estimate of drug-likeness (QED) is 0.727. The van der Waals surface area contributed by atoms with Crippen molar-refractivity contribution in [2.24, 2.45) is 5.92 Å². The summed E-state index contributed by atoms with van der Waals surface area (Å²) in [6.07, 6.45) is 2.77. The molecule has 4 nitrogen and oxygen atoms in total. The van der Waals surface area contributed by atoms with Gasteiger partial charge in [-0.3, -0.25) is 0 Å². The molecule has 2 unspecified atom stereocenters. The summed E-state index contributed by atoms with van der Waals surface area (Å²) in [6.45, 7) is 2.78. The molecule has 0 saturated carbocycles. The maximum absolute atomic E-state index is 11.8. The van der Waals surface area contributed by atoms with Gasteiger partial charge in [-0.05, 0) is 36.3 Å². The van der Waals surface area contributed by atoms with Gasteiger partial charge in [-0.2, -0.15) is 0 Å². The Bertz CT molecular complexity index is 434. The number of carbonyl (C=O) groups excluding carboxylic acids is 1. The van der Waals surface area contributed by atoms with Gasteiger partial charge in [0.2, 0.25) is 0 Å². The highest BCUT2D eigenvalue weighted by molar-refractivity contribution is 5.74. The van der Waals surface area contributed by atoms with E-state index in [9.17, 15) is 4.79 Å². The number of carbonyl (C=O) groups is 1. The molecular weight excluding hydrogens is 240 g/mol. The lowest BCUT2D eigenvalue weighted by Gasteiger charge is -2.32. The van der Waals surface area contributed by atoms with Crippen LogP contribution in [0, 0.1) is 5.92 Å². The van der Waals surface area contributed by atoms with E-state index in [4.69, 9.17) is 5.11 Å². The lowest BCUT2D eigenvalue weighted by atomic mass is 9.81. The van der Waals surface area contributed by atoms with Crippen LogP contribution >= 0.6 is 0 Å². The number of urea groups is 1. The monoisotopic (exact) mass is 262 g/mol. The van der Waals surface area contributed by atoms with Gasteiger partial charge >= 0.3 is 6.03 Å². The van der Waals surface area contributed by atoms with E-state index >= 15 is 0 Å². The minimum atomic E-state index is -0.151. The second-order valence-corrected chi connectivity index (χ2v) is 5.17. The van der Waals surface area contributed by atoms with Crippen molar-refractivity contribution in [3.8, 4) is 0 Å². The number of aryl methyl sites for hydroxylation is 1. The van der Waals surface area contributed by atoms with E-state index in [2.05, 4.69) is 29.7 Å². The second kappa shape index (κ2) is 6.57. The molecule has 1 aromatic rings. The van der Waals surface area contributed by atoms with Gasteiger partial charge in [-0.1, -0.05) is 31.2 Å². The fraction of sp³-hybridized carbons (Fsp3) is 0.533. The second-order valence-electron chi connectivity index (χ2n) is 5.17. The van der Waals surface area contributed by atoms with E-state index in [1.54, 1.807) is 0 Å². The molecule has 2 rings (SSSR count). The van der Waals surface area contributed by atoms with E-state index in [1.807, 2.05) is 12.1 Å². The Hall–Kier alpha value is -1.55. The van der Waals surface area contributed by atoms with Crippen molar-refractivity contribution in [1.29, 1.82) is 0 Å². The number of nitrogens with one attached hydrogen (secondary N) is 2. The van der Waals surface area contributed by atoms with Crippen molar-refractivity contribution in [3.05, 3.63) is 35.4 Å². The van der Waals surface area contributed by atoms with Crippen molar-refractivity contribution in [2.75, 3.05) is 13.2 Å². The molecule has 4 heteroatoms. The zero-order valence-electron chi connectivity index (χ0n) is 11.4. The van der Waals surface area contributed by atoms with Crippen molar-refractivity contribution in [3.63, 3.8) is 0 Å². The summed E-state index contributed by atoms with van der Waals surface area (Å²) >= 11 is 0. The van der Waals surface area contributed by atoms with Crippen molar-refractivity contribution < 1.29 is 9.90 Å². The highest BCUT2D eigenvalue weighted by Gasteiger charge is 2.27. The summed E-state index contributed by atoms with van der Waals surface area (Å²) < 4.78 is 0. The van der Waals surface area contributed by atoms with Gasteiger partial charge in [0.15, 0.2) is 0 Å². The van der Waals surface area contributed by atoms with Crippen LogP contribution in [0.25, 0.3) is 0 Å². The highest BCUT2D eigenvalue weighted by Crippen LogP contribution is 2.33. The van der Waals surface area contributed by atoms with Gasteiger partial charge < -0.3 is 15.7 Å². The Balaban J connectivity index is 2.01. The number of hydrogen-bond acceptors (Lipinski definition) is 2. The van der Waals surface area contributed by atoms with E-state index in [1.165, 1.54) is 11.1 Å². The van der Waals surface area contributed by atoms with Gasteiger partial charge in [0.25, 0.3) is 0 Å². The Labute approximate surface area is 114 Å². The van der Waals surface area contributed by atoms with Gasteiger partial charge in [-0.25, -0.2) is 4.79 Å². The third-order valence-corrected chi connectivity index (χ3v) is 3.74. The smallest absolute Gasteiger partial charge is 0.315 e. The number of rotatable bonds is 4. The molecule has 0 radical (unpaired) electrons.